The molecule has 3 aromatic rings. The van der Waals surface area contributed by atoms with Gasteiger partial charge in [-0.25, -0.2) is 9.78 Å². The molecular formula is C24H26N4O4S. The number of allylic oxidation sites excluding steroid dienone is 1. The van der Waals surface area contributed by atoms with Crippen molar-refractivity contribution >= 4 is 35.1 Å². The van der Waals surface area contributed by atoms with E-state index in [2.05, 4.69) is 16.9 Å². The molecular weight excluding hydrogens is 440 g/mol. The molecule has 0 atom stereocenters. The van der Waals surface area contributed by atoms with Crippen LogP contribution in [0.3, 0.4) is 0 Å². The second-order valence-corrected chi connectivity index (χ2v) is 8.33. The smallest absolute Gasteiger partial charge is 0.340 e. The van der Waals surface area contributed by atoms with Crippen LogP contribution >= 0.6 is 11.8 Å². The Bertz CT molecular complexity index is 1200. The lowest BCUT2D eigenvalue weighted by Crippen LogP contribution is -2.19. The molecule has 0 spiro atoms. The minimum absolute atomic E-state index is 0.132. The molecule has 2 heterocycles. The van der Waals surface area contributed by atoms with E-state index in [1.807, 2.05) is 30.0 Å². The molecule has 0 aliphatic heterocycles. The van der Waals surface area contributed by atoms with Gasteiger partial charge in [0.1, 0.15) is 0 Å². The van der Waals surface area contributed by atoms with E-state index in [-0.39, 0.29) is 23.0 Å². The number of esters is 1. The fourth-order valence-corrected chi connectivity index (χ4v) is 4.09. The summed E-state index contributed by atoms with van der Waals surface area (Å²) < 4.78 is 9.06. The average molecular weight is 467 g/mol. The minimum atomic E-state index is -0.684. The molecule has 1 amide bonds. The molecule has 9 heteroatoms. The van der Waals surface area contributed by atoms with Crippen molar-refractivity contribution in [1.82, 2.24) is 14.1 Å². The van der Waals surface area contributed by atoms with Gasteiger partial charge in [-0.2, -0.15) is 0 Å². The normalized spacial score (nSPS) is 10.6. The number of aromatic nitrogens is 3. The zero-order chi connectivity index (χ0) is 24.0. The number of carbonyl (C=O) groups is 3. The third kappa shape index (κ3) is 5.81. The van der Waals surface area contributed by atoms with Crippen LogP contribution in [0.5, 0.6) is 0 Å². The van der Waals surface area contributed by atoms with Crippen LogP contribution in [0, 0.1) is 13.8 Å². The van der Waals surface area contributed by atoms with Crippen LogP contribution in [-0.2, 0) is 23.1 Å². The summed E-state index contributed by atoms with van der Waals surface area (Å²) in [5.41, 5.74) is 2.74. The van der Waals surface area contributed by atoms with Crippen LogP contribution in [0.4, 0.5) is 5.69 Å². The molecule has 0 saturated carbocycles. The summed E-state index contributed by atoms with van der Waals surface area (Å²) in [4.78, 5) is 41.9. The summed E-state index contributed by atoms with van der Waals surface area (Å²) in [7, 11) is 1.84. The van der Waals surface area contributed by atoms with Crippen molar-refractivity contribution in [3.63, 3.8) is 0 Å². The van der Waals surface area contributed by atoms with E-state index >= 15 is 0 Å². The Morgan fingerprint density at radius 3 is 2.67 bits per heavy atom. The predicted octanol–water partition coefficient (Wildman–Crippen LogP) is 3.79. The molecule has 1 aromatic carbocycles. The average Bonchev–Trinajstić information content (AvgIpc) is 3.33. The molecule has 0 unspecified atom stereocenters. The van der Waals surface area contributed by atoms with E-state index in [0.717, 1.165) is 11.4 Å². The molecule has 1 N–H and O–H groups in total. The van der Waals surface area contributed by atoms with Gasteiger partial charge in [0, 0.05) is 42.9 Å². The number of para-hydroxylation sites is 1. The number of nitrogens with one attached hydrogen (secondary N) is 1. The number of imidazole rings is 1. The number of nitrogens with zero attached hydrogens (tertiary/aromatic N) is 3. The van der Waals surface area contributed by atoms with Crippen LogP contribution in [0.15, 0.2) is 60.5 Å². The zero-order valence-corrected chi connectivity index (χ0v) is 19.6. The van der Waals surface area contributed by atoms with E-state index in [4.69, 9.17) is 4.74 Å². The second-order valence-electron chi connectivity index (χ2n) is 7.39. The number of anilines is 1. The number of benzene rings is 1. The maximum Gasteiger partial charge on any atom is 0.340 e. The Labute approximate surface area is 196 Å². The largest absolute Gasteiger partial charge is 0.454 e. The minimum Gasteiger partial charge on any atom is -0.454 e. The number of thioether (sulfide) groups is 1. The van der Waals surface area contributed by atoms with E-state index in [0.29, 0.717) is 23.0 Å². The predicted molar refractivity (Wildman–Crippen MR) is 128 cm³/mol. The lowest BCUT2D eigenvalue weighted by atomic mass is 10.1. The molecule has 33 heavy (non-hydrogen) atoms. The first-order chi connectivity index (χ1) is 15.8. The summed E-state index contributed by atoms with van der Waals surface area (Å²) in [5, 5.41) is 3.44. The van der Waals surface area contributed by atoms with Crippen molar-refractivity contribution in [3.8, 4) is 0 Å². The summed E-state index contributed by atoms with van der Waals surface area (Å²) in [6.45, 7) is 7.68. The lowest BCUT2D eigenvalue weighted by Gasteiger charge is -2.11. The molecule has 0 aliphatic rings. The van der Waals surface area contributed by atoms with Crippen molar-refractivity contribution in [1.29, 1.82) is 0 Å². The number of ether oxygens (including phenoxy) is 1. The molecule has 0 fully saturated rings. The summed E-state index contributed by atoms with van der Waals surface area (Å²) in [6.07, 6.45) is 5.21. The first-order valence-corrected chi connectivity index (χ1v) is 11.3. The molecule has 0 aliphatic carbocycles. The van der Waals surface area contributed by atoms with Gasteiger partial charge in [0.25, 0.3) is 0 Å². The first kappa shape index (κ1) is 24.1. The Balaban J connectivity index is 1.62. The quantitative estimate of drug-likeness (QED) is 0.211. The number of Topliss-reactive ketones (excluding diaryl/α,β-unsaturated/α-hetero) is 1. The van der Waals surface area contributed by atoms with Gasteiger partial charge in [0.2, 0.25) is 11.7 Å². The van der Waals surface area contributed by atoms with Crippen LogP contribution in [0.1, 0.15) is 32.1 Å². The number of amides is 1. The lowest BCUT2D eigenvalue weighted by molar-refractivity contribution is -0.113. The summed E-state index contributed by atoms with van der Waals surface area (Å²) in [6, 6.07) is 8.31. The van der Waals surface area contributed by atoms with E-state index in [9.17, 15) is 14.4 Å². The highest BCUT2D eigenvalue weighted by molar-refractivity contribution is 7.99. The van der Waals surface area contributed by atoms with Crippen LogP contribution in [0.25, 0.3) is 0 Å². The van der Waals surface area contributed by atoms with Gasteiger partial charge in [0.15, 0.2) is 11.8 Å². The Morgan fingerprint density at radius 1 is 1.21 bits per heavy atom. The maximum atomic E-state index is 12.7. The molecule has 8 nitrogen and oxygen atoms in total. The highest BCUT2D eigenvalue weighted by Gasteiger charge is 2.19. The topological polar surface area (TPSA) is 95.2 Å². The fourth-order valence-electron chi connectivity index (χ4n) is 3.36. The zero-order valence-electron chi connectivity index (χ0n) is 18.8. The molecule has 0 radical (unpaired) electrons. The number of aryl methyl sites for hydroxylation is 2. The fraction of sp³-hybridized carbons (Fsp3) is 0.250. The van der Waals surface area contributed by atoms with Crippen molar-refractivity contribution in [2.45, 2.75) is 25.5 Å². The third-order valence-electron chi connectivity index (χ3n) is 5.05. The van der Waals surface area contributed by atoms with Gasteiger partial charge in [-0.1, -0.05) is 30.0 Å². The van der Waals surface area contributed by atoms with Gasteiger partial charge in [-0.3, -0.25) is 9.59 Å². The van der Waals surface area contributed by atoms with E-state index in [1.54, 1.807) is 48.8 Å². The second kappa shape index (κ2) is 10.8. The SMILES string of the molecule is C=CCn1c(C)cc(C(=O)COC(=O)c2ccccc2NC(=O)CSc2nccn2C)c1C. The van der Waals surface area contributed by atoms with E-state index in [1.165, 1.54) is 11.8 Å². The summed E-state index contributed by atoms with van der Waals surface area (Å²) >= 11 is 1.29. The maximum absolute atomic E-state index is 12.7. The number of hydrogen-bond acceptors (Lipinski definition) is 6. The van der Waals surface area contributed by atoms with Gasteiger partial charge in [-0.05, 0) is 32.0 Å². The summed E-state index contributed by atoms with van der Waals surface area (Å²) in [5.74, 6) is -1.13. The Hall–Kier alpha value is -3.59. The molecule has 0 bridgehead atoms. The van der Waals surface area contributed by atoms with Crippen LogP contribution < -0.4 is 5.32 Å². The molecule has 0 saturated heterocycles. The highest BCUT2D eigenvalue weighted by atomic mass is 32.2. The van der Waals surface area contributed by atoms with Gasteiger partial charge >= 0.3 is 5.97 Å². The molecule has 3 rings (SSSR count). The van der Waals surface area contributed by atoms with Crippen LogP contribution in [-0.4, -0.2) is 44.1 Å². The molecule has 172 valence electrons. The standard InChI is InChI=1S/C24H26N4O4S/c1-5-11-28-16(2)13-19(17(28)3)21(29)14-32-23(31)18-8-6-7-9-20(18)26-22(30)15-33-24-25-10-12-27(24)4/h5-10,12-13H,1,11,14-15H2,2-4H3,(H,26,30). The highest BCUT2D eigenvalue weighted by Crippen LogP contribution is 2.20. The third-order valence-corrected chi connectivity index (χ3v) is 6.11. The van der Waals surface area contributed by atoms with Crippen molar-refractivity contribution in [2.75, 3.05) is 17.7 Å². The number of ketones is 1. The monoisotopic (exact) mass is 466 g/mol. The van der Waals surface area contributed by atoms with Crippen molar-refractivity contribution in [3.05, 3.63) is 77.9 Å². The van der Waals surface area contributed by atoms with Gasteiger partial charge in [0.05, 0.1) is 17.0 Å². The first-order valence-electron chi connectivity index (χ1n) is 10.3. The van der Waals surface area contributed by atoms with Gasteiger partial charge in [-0.15, -0.1) is 6.58 Å². The number of rotatable bonds is 10. The Morgan fingerprint density at radius 2 is 1.97 bits per heavy atom. The van der Waals surface area contributed by atoms with Crippen molar-refractivity contribution in [2.24, 2.45) is 7.05 Å². The number of hydrogen-bond donors (Lipinski definition) is 1. The Kier molecular flexibility index (Phi) is 7.89. The van der Waals surface area contributed by atoms with Crippen molar-refractivity contribution < 1.29 is 19.1 Å². The van der Waals surface area contributed by atoms with Gasteiger partial charge < -0.3 is 19.2 Å². The molecule has 2 aromatic heterocycles. The number of carbonyl (C=O) groups excluding carboxylic acids is 3. The van der Waals surface area contributed by atoms with Crippen LogP contribution in [0.2, 0.25) is 0 Å². The van der Waals surface area contributed by atoms with E-state index < -0.39 is 12.6 Å².